The van der Waals surface area contributed by atoms with Crippen molar-refractivity contribution >= 4 is 28.9 Å². The third-order valence-electron chi connectivity index (χ3n) is 2.01. The minimum absolute atomic E-state index is 0.741. The van der Waals surface area contributed by atoms with Crippen LogP contribution < -0.4 is 5.32 Å². The van der Waals surface area contributed by atoms with Crippen LogP contribution in [0.5, 0.6) is 0 Å². The van der Waals surface area contributed by atoms with Crippen LogP contribution in [0.25, 0.3) is 0 Å². The van der Waals surface area contributed by atoms with Crippen LogP contribution in [0.1, 0.15) is 12.5 Å². The number of hydrogen-bond acceptors (Lipinski definition) is 1. The van der Waals surface area contributed by atoms with E-state index in [2.05, 4.69) is 5.32 Å². The molecule has 0 saturated heterocycles. The summed E-state index contributed by atoms with van der Waals surface area (Å²) in [5, 5.41) is 4.05. The molecule has 1 aromatic carbocycles. The quantitative estimate of drug-likeness (QED) is 0.820. The molecule has 0 fully saturated rings. The molecule has 0 saturated carbocycles. The smallest absolute Gasteiger partial charge is 0.0455 e. The largest absolute Gasteiger partial charge is 0.381 e. The first kappa shape index (κ1) is 11.4. The molecule has 0 heterocycles. The van der Waals surface area contributed by atoms with E-state index in [1.165, 1.54) is 0 Å². The molecule has 0 spiro atoms. The van der Waals surface area contributed by atoms with Gasteiger partial charge in [0.2, 0.25) is 0 Å². The second-order valence-corrected chi connectivity index (χ2v) is 3.85. The second kappa shape index (κ2) is 5.28. The van der Waals surface area contributed by atoms with E-state index >= 15 is 0 Å². The average Bonchev–Trinajstić information content (AvgIpc) is 2.20. The van der Waals surface area contributed by atoms with Crippen LogP contribution >= 0.6 is 23.2 Å². The highest BCUT2D eigenvalue weighted by atomic mass is 35.5. The predicted molar refractivity (Wildman–Crippen MR) is 64.3 cm³/mol. The molecule has 3 heteroatoms. The second-order valence-electron chi connectivity index (χ2n) is 3.22. The third kappa shape index (κ3) is 2.93. The van der Waals surface area contributed by atoms with Crippen molar-refractivity contribution in [2.45, 2.75) is 13.8 Å². The van der Waals surface area contributed by atoms with Gasteiger partial charge in [0.15, 0.2) is 0 Å². The molecule has 0 aliphatic heterocycles. The molecule has 0 unspecified atom stereocenters. The van der Waals surface area contributed by atoms with E-state index in [9.17, 15) is 0 Å². The van der Waals surface area contributed by atoms with Crippen molar-refractivity contribution < 1.29 is 0 Å². The van der Waals surface area contributed by atoms with Gasteiger partial charge >= 0.3 is 0 Å². The highest BCUT2D eigenvalue weighted by Crippen LogP contribution is 2.22. The molecule has 0 atom stereocenters. The number of benzene rings is 1. The molecule has 0 radical (unpaired) electrons. The Hall–Kier alpha value is -0.660. The Morgan fingerprint density at radius 2 is 2.21 bits per heavy atom. The Labute approximate surface area is 94.7 Å². The minimum atomic E-state index is 0.741. The zero-order chi connectivity index (χ0) is 10.6. The first-order valence-corrected chi connectivity index (χ1v) is 5.21. The van der Waals surface area contributed by atoms with Crippen molar-refractivity contribution in [1.82, 2.24) is 0 Å². The van der Waals surface area contributed by atoms with Crippen molar-refractivity contribution in [2.24, 2.45) is 0 Å². The van der Waals surface area contributed by atoms with Gasteiger partial charge in [-0.1, -0.05) is 29.3 Å². The number of hydrogen-bond donors (Lipinski definition) is 1. The van der Waals surface area contributed by atoms with Gasteiger partial charge in [0.25, 0.3) is 0 Å². The Morgan fingerprint density at radius 1 is 1.50 bits per heavy atom. The summed E-state index contributed by atoms with van der Waals surface area (Å²) in [6, 6.07) is 5.81. The van der Waals surface area contributed by atoms with Gasteiger partial charge in [-0.3, -0.25) is 0 Å². The van der Waals surface area contributed by atoms with Gasteiger partial charge in [0.05, 0.1) is 0 Å². The highest BCUT2D eigenvalue weighted by molar-refractivity contribution is 6.31. The summed E-state index contributed by atoms with van der Waals surface area (Å²) >= 11 is 11.5. The Balaban J connectivity index is 2.73. The van der Waals surface area contributed by atoms with Crippen LogP contribution in [0, 0.1) is 6.92 Å². The van der Waals surface area contributed by atoms with E-state index in [0.717, 1.165) is 28.4 Å². The van der Waals surface area contributed by atoms with Crippen LogP contribution in [-0.4, -0.2) is 6.54 Å². The van der Waals surface area contributed by atoms with E-state index in [1.54, 1.807) is 5.54 Å². The van der Waals surface area contributed by atoms with Gasteiger partial charge in [-0.05, 0) is 37.1 Å². The highest BCUT2D eigenvalue weighted by Gasteiger charge is 2.00. The fourth-order valence-electron chi connectivity index (χ4n) is 1.07. The van der Waals surface area contributed by atoms with Crippen LogP contribution in [0.2, 0.25) is 5.02 Å². The van der Waals surface area contributed by atoms with Crippen LogP contribution in [0.15, 0.2) is 29.3 Å². The van der Waals surface area contributed by atoms with Gasteiger partial charge in [0, 0.05) is 22.8 Å². The summed E-state index contributed by atoms with van der Waals surface area (Å²) in [5.41, 5.74) is 4.78. The fourth-order valence-corrected chi connectivity index (χ4v) is 1.32. The van der Waals surface area contributed by atoms with E-state index in [4.69, 9.17) is 23.2 Å². The molecule has 0 aromatic heterocycles. The average molecular weight is 230 g/mol. The van der Waals surface area contributed by atoms with Crippen molar-refractivity contribution in [3.63, 3.8) is 0 Å². The molecular weight excluding hydrogens is 217 g/mol. The zero-order valence-electron chi connectivity index (χ0n) is 8.27. The Kier molecular flexibility index (Phi) is 4.30. The molecule has 1 aromatic rings. The zero-order valence-corrected chi connectivity index (χ0v) is 9.78. The molecular formula is C11H13Cl2N. The molecule has 76 valence electrons. The van der Waals surface area contributed by atoms with Crippen molar-refractivity contribution in [3.8, 4) is 0 Å². The first-order valence-electron chi connectivity index (χ1n) is 4.40. The summed E-state index contributed by atoms with van der Waals surface area (Å²) in [7, 11) is 0. The third-order valence-corrected chi connectivity index (χ3v) is 2.79. The maximum atomic E-state index is 5.98. The topological polar surface area (TPSA) is 12.0 Å². The van der Waals surface area contributed by atoms with E-state index in [1.807, 2.05) is 32.0 Å². The molecule has 14 heavy (non-hydrogen) atoms. The van der Waals surface area contributed by atoms with Gasteiger partial charge < -0.3 is 5.32 Å². The summed E-state index contributed by atoms with van der Waals surface area (Å²) in [5.74, 6) is 0. The normalized spacial score (nSPS) is 11.6. The monoisotopic (exact) mass is 229 g/mol. The lowest BCUT2D eigenvalue weighted by molar-refractivity contribution is 1.20. The van der Waals surface area contributed by atoms with Crippen LogP contribution in [0.4, 0.5) is 5.69 Å². The summed E-state index contributed by atoms with van der Waals surface area (Å²) in [6.07, 6.45) is 0. The lowest BCUT2D eigenvalue weighted by Crippen LogP contribution is -2.03. The molecule has 1 rings (SSSR count). The summed E-state index contributed by atoms with van der Waals surface area (Å²) in [6.45, 7) is 4.70. The maximum absolute atomic E-state index is 5.98. The molecule has 1 nitrogen and oxygen atoms in total. The lowest BCUT2D eigenvalue weighted by Gasteiger charge is -2.10. The Bertz CT molecular complexity index is 345. The SMILES string of the molecule is C/C(=C/Cl)CNc1cccc(Cl)c1C. The lowest BCUT2D eigenvalue weighted by atomic mass is 10.2. The van der Waals surface area contributed by atoms with Gasteiger partial charge in [-0.2, -0.15) is 0 Å². The first-order chi connectivity index (χ1) is 6.65. The summed E-state index contributed by atoms with van der Waals surface area (Å²) in [4.78, 5) is 0. The van der Waals surface area contributed by atoms with E-state index < -0.39 is 0 Å². The summed E-state index contributed by atoms with van der Waals surface area (Å²) < 4.78 is 0. The predicted octanol–water partition coefficient (Wildman–Crippen LogP) is 4.20. The molecule has 0 aliphatic carbocycles. The standard InChI is InChI=1S/C11H13Cl2N/c1-8(6-12)7-14-11-5-3-4-10(13)9(11)2/h3-6,14H,7H2,1-2H3/b8-6-. The van der Waals surface area contributed by atoms with Gasteiger partial charge in [-0.15, -0.1) is 0 Å². The van der Waals surface area contributed by atoms with Crippen molar-refractivity contribution in [2.75, 3.05) is 11.9 Å². The van der Waals surface area contributed by atoms with E-state index in [-0.39, 0.29) is 0 Å². The van der Waals surface area contributed by atoms with Crippen LogP contribution in [0.3, 0.4) is 0 Å². The Morgan fingerprint density at radius 3 is 2.86 bits per heavy atom. The molecule has 0 aliphatic rings. The molecule has 0 amide bonds. The van der Waals surface area contributed by atoms with Gasteiger partial charge in [0.1, 0.15) is 0 Å². The number of halogens is 2. The van der Waals surface area contributed by atoms with Crippen molar-refractivity contribution in [1.29, 1.82) is 0 Å². The minimum Gasteiger partial charge on any atom is -0.381 e. The van der Waals surface area contributed by atoms with Crippen LogP contribution in [-0.2, 0) is 0 Å². The van der Waals surface area contributed by atoms with Crippen molar-refractivity contribution in [3.05, 3.63) is 39.9 Å². The number of anilines is 1. The van der Waals surface area contributed by atoms with Gasteiger partial charge in [-0.25, -0.2) is 0 Å². The molecule has 0 bridgehead atoms. The number of rotatable bonds is 3. The molecule has 1 N–H and O–H groups in total. The van der Waals surface area contributed by atoms with E-state index in [0.29, 0.717) is 0 Å². The maximum Gasteiger partial charge on any atom is 0.0455 e. The fraction of sp³-hybridized carbons (Fsp3) is 0.273. The number of nitrogens with one attached hydrogen (secondary N) is 1.